The predicted molar refractivity (Wildman–Crippen MR) is 114 cm³/mol. The van der Waals surface area contributed by atoms with E-state index in [9.17, 15) is 14.3 Å². The van der Waals surface area contributed by atoms with Gasteiger partial charge >= 0.3 is 5.97 Å². The molecule has 2 aromatic carbocycles. The number of carbonyl (C=O) groups is 1. The first kappa shape index (κ1) is 21.0. The van der Waals surface area contributed by atoms with E-state index in [0.29, 0.717) is 34.7 Å². The van der Waals surface area contributed by atoms with Crippen LogP contribution in [0.5, 0.6) is 5.75 Å². The number of carboxylic acids is 1. The number of nitrogens with zero attached hydrogens (tertiary/aromatic N) is 1. The minimum Gasteiger partial charge on any atom is -0.487 e. The quantitative estimate of drug-likeness (QED) is 0.463. The molecular formula is C23H21BrFNO3. The Morgan fingerprint density at radius 3 is 2.52 bits per heavy atom. The Morgan fingerprint density at radius 1 is 1.10 bits per heavy atom. The van der Waals surface area contributed by atoms with Crippen LogP contribution in [-0.4, -0.2) is 16.1 Å². The summed E-state index contributed by atoms with van der Waals surface area (Å²) in [5.41, 5.74) is 1.82. The van der Waals surface area contributed by atoms with E-state index >= 15 is 0 Å². The van der Waals surface area contributed by atoms with Gasteiger partial charge in [0, 0.05) is 21.3 Å². The zero-order chi connectivity index (χ0) is 21.0. The lowest BCUT2D eigenvalue weighted by Gasteiger charge is -2.16. The van der Waals surface area contributed by atoms with Gasteiger partial charge in [-0.3, -0.25) is 4.98 Å². The van der Waals surface area contributed by atoms with Crippen molar-refractivity contribution >= 4 is 21.9 Å². The molecule has 1 heterocycles. The largest absolute Gasteiger partial charge is 0.487 e. The maximum Gasteiger partial charge on any atom is 0.337 e. The van der Waals surface area contributed by atoms with Gasteiger partial charge in [-0.15, -0.1) is 0 Å². The Morgan fingerprint density at radius 2 is 1.86 bits per heavy atom. The molecule has 0 saturated heterocycles. The van der Waals surface area contributed by atoms with E-state index < -0.39 is 11.8 Å². The van der Waals surface area contributed by atoms with Gasteiger partial charge in [-0.1, -0.05) is 54.0 Å². The van der Waals surface area contributed by atoms with Crippen LogP contribution in [0.25, 0.3) is 11.1 Å². The molecule has 0 spiro atoms. The van der Waals surface area contributed by atoms with E-state index in [1.807, 2.05) is 26.0 Å². The van der Waals surface area contributed by atoms with Crippen molar-refractivity contribution in [3.05, 3.63) is 81.8 Å². The first-order valence-corrected chi connectivity index (χ1v) is 10.0. The number of rotatable bonds is 7. The second-order valence-electron chi connectivity index (χ2n) is 7.11. The molecule has 29 heavy (non-hydrogen) atoms. The molecule has 0 atom stereocenters. The van der Waals surface area contributed by atoms with Crippen LogP contribution in [0.3, 0.4) is 0 Å². The third-order valence-corrected chi connectivity index (χ3v) is 4.84. The SMILES string of the molecule is CC(C)Cc1nc(COc2cccc(Br)c2)c(C(=O)O)cc1-c1ccccc1F. The average Bonchev–Trinajstić information content (AvgIpc) is 2.66. The van der Waals surface area contributed by atoms with Crippen molar-refractivity contribution in [3.8, 4) is 16.9 Å². The third-order valence-electron chi connectivity index (χ3n) is 4.35. The Labute approximate surface area is 177 Å². The minimum atomic E-state index is -1.13. The van der Waals surface area contributed by atoms with Crippen molar-refractivity contribution < 1.29 is 19.0 Å². The molecule has 150 valence electrons. The molecule has 6 heteroatoms. The Kier molecular flexibility index (Phi) is 6.64. The summed E-state index contributed by atoms with van der Waals surface area (Å²) in [6, 6.07) is 15.1. The van der Waals surface area contributed by atoms with Gasteiger partial charge in [-0.25, -0.2) is 9.18 Å². The molecule has 0 aliphatic heterocycles. The zero-order valence-electron chi connectivity index (χ0n) is 16.2. The van der Waals surface area contributed by atoms with Gasteiger partial charge in [-0.2, -0.15) is 0 Å². The van der Waals surface area contributed by atoms with E-state index in [4.69, 9.17) is 4.74 Å². The number of carboxylic acid groups (broad SMARTS) is 1. The van der Waals surface area contributed by atoms with Crippen molar-refractivity contribution in [1.82, 2.24) is 4.98 Å². The maximum atomic E-state index is 14.4. The second kappa shape index (κ2) is 9.18. The fraction of sp³-hybridized carbons (Fsp3) is 0.217. The second-order valence-corrected chi connectivity index (χ2v) is 8.02. The molecule has 0 unspecified atom stereocenters. The molecule has 0 amide bonds. The van der Waals surface area contributed by atoms with Crippen molar-refractivity contribution in [2.45, 2.75) is 26.9 Å². The maximum absolute atomic E-state index is 14.4. The third kappa shape index (κ3) is 5.21. The summed E-state index contributed by atoms with van der Waals surface area (Å²) in [7, 11) is 0. The van der Waals surface area contributed by atoms with Crippen LogP contribution >= 0.6 is 15.9 Å². The van der Waals surface area contributed by atoms with Crippen LogP contribution < -0.4 is 4.74 Å². The topological polar surface area (TPSA) is 59.4 Å². The number of pyridine rings is 1. The molecule has 0 fully saturated rings. The first-order chi connectivity index (χ1) is 13.8. The van der Waals surface area contributed by atoms with E-state index in [2.05, 4.69) is 20.9 Å². The fourth-order valence-electron chi connectivity index (χ4n) is 3.05. The Balaban J connectivity index is 2.06. The monoisotopic (exact) mass is 457 g/mol. The molecular weight excluding hydrogens is 437 g/mol. The number of aromatic nitrogens is 1. The lowest BCUT2D eigenvalue weighted by Crippen LogP contribution is -2.13. The van der Waals surface area contributed by atoms with E-state index in [1.165, 1.54) is 12.1 Å². The number of aromatic carboxylic acids is 1. The number of halogens is 2. The van der Waals surface area contributed by atoms with Gasteiger partial charge in [0.05, 0.1) is 11.3 Å². The van der Waals surface area contributed by atoms with Gasteiger partial charge in [0.1, 0.15) is 18.2 Å². The van der Waals surface area contributed by atoms with Crippen LogP contribution in [-0.2, 0) is 13.0 Å². The molecule has 4 nitrogen and oxygen atoms in total. The summed E-state index contributed by atoms with van der Waals surface area (Å²) in [5, 5.41) is 9.72. The van der Waals surface area contributed by atoms with Crippen LogP contribution in [0.4, 0.5) is 4.39 Å². The van der Waals surface area contributed by atoms with Crippen LogP contribution in [0, 0.1) is 11.7 Å². The summed E-state index contributed by atoms with van der Waals surface area (Å²) >= 11 is 3.38. The molecule has 3 rings (SSSR count). The predicted octanol–water partition coefficient (Wildman–Crippen LogP) is 6.13. The van der Waals surface area contributed by atoms with Crippen molar-refractivity contribution in [2.75, 3.05) is 0 Å². The molecule has 0 saturated carbocycles. The number of ether oxygens (including phenoxy) is 1. The minimum absolute atomic E-state index is 0.000728. The summed E-state index contributed by atoms with van der Waals surface area (Å²) < 4.78 is 21.1. The number of hydrogen-bond donors (Lipinski definition) is 1. The number of hydrogen-bond acceptors (Lipinski definition) is 3. The molecule has 0 radical (unpaired) electrons. The van der Waals surface area contributed by atoms with Crippen LogP contribution in [0.15, 0.2) is 59.1 Å². The summed E-state index contributed by atoms with van der Waals surface area (Å²) in [6.07, 6.45) is 0.591. The van der Waals surface area contributed by atoms with E-state index in [0.717, 1.165) is 4.47 Å². The van der Waals surface area contributed by atoms with Crippen molar-refractivity contribution in [1.29, 1.82) is 0 Å². The zero-order valence-corrected chi connectivity index (χ0v) is 17.7. The standard InChI is InChI=1S/C23H21BrFNO3/c1-14(2)10-21-18(17-8-3-4-9-20(17)25)12-19(23(27)28)22(26-21)13-29-16-7-5-6-15(24)11-16/h3-9,11-12,14H,10,13H2,1-2H3,(H,27,28). The smallest absolute Gasteiger partial charge is 0.337 e. The Bertz CT molecular complexity index is 1040. The van der Waals surface area contributed by atoms with Gasteiger partial charge < -0.3 is 9.84 Å². The summed E-state index contributed by atoms with van der Waals surface area (Å²) in [4.78, 5) is 16.5. The van der Waals surface area contributed by atoms with Crippen molar-refractivity contribution in [2.24, 2.45) is 5.92 Å². The van der Waals surface area contributed by atoms with Crippen molar-refractivity contribution in [3.63, 3.8) is 0 Å². The van der Waals surface area contributed by atoms with Crippen LogP contribution in [0.2, 0.25) is 0 Å². The molecule has 0 aliphatic rings. The van der Waals surface area contributed by atoms with Crippen LogP contribution in [0.1, 0.15) is 35.6 Å². The van der Waals surface area contributed by atoms with Gasteiger partial charge in [0.15, 0.2) is 0 Å². The van der Waals surface area contributed by atoms with Gasteiger partial charge in [-0.05, 0) is 42.7 Å². The summed E-state index contributed by atoms with van der Waals surface area (Å²) in [5.74, 6) is -0.670. The molecule has 0 bridgehead atoms. The first-order valence-electron chi connectivity index (χ1n) is 9.24. The Hall–Kier alpha value is -2.73. The highest BCUT2D eigenvalue weighted by Gasteiger charge is 2.20. The number of benzene rings is 2. The average molecular weight is 458 g/mol. The highest BCUT2D eigenvalue weighted by Crippen LogP contribution is 2.30. The molecule has 1 N–H and O–H groups in total. The normalized spacial score (nSPS) is 10.9. The molecule has 1 aromatic heterocycles. The van der Waals surface area contributed by atoms with Gasteiger partial charge in [0.25, 0.3) is 0 Å². The van der Waals surface area contributed by atoms with E-state index in [-0.39, 0.29) is 18.1 Å². The van der Waals surface area contributed by atoms with Gasteiger partial charge in [0.2, 0.25) is 0 Å². The summed E-state index contributed by atoms with van der Waals surface area (Å²) in [6.45, 7) is 4.08. The lowest BCUT2D eigenvalue weighted by atomic mass is 9.95. The highest BCUT2D eigenvalue weighted by molar-refractivity contribution is 9.10. The van der Waals surface area contributed by atoms with E-state index in [1.54, 1.807) is 30.3 Å². The fourth-order valence-corrected chi connectivity index (χ4v) is 3.43. The lowest BCUT2D eigenvalue weighted by molar-refractivity contribution is 0.0693. The highest BCUT2D eigenvalue weighted by atomic mass is 79.9. The molecule has 0 aliphatic carbocycles. The molecule has 3 aromatic rings.